The van der Waals surface area contributed by atoms with E-state index in [4.69, 9.17) is 14.9 Å². The van der Waals surface area contributed by atoms with Crippen LogP contribution in [0.1, 0.15) is 12.8 Å². The van der Waals surface area contributed by atoms with Crippen molar-refractivity contribution in [1.82, 2.24) is 5.32 Å². The van der Waals surface area contributed by atoms with Crippen LogP contribution in [0, 0.1) is 5.92 Å². The minimum Gasteiger partial charge on any atom is -0.480 e. The Bertz CT molecular complexity index is 548. The second kappa shape index (κ2) is 10.2. The van der Waals surface area contributed by atoms with Crippen molar-refractivity contribution in [3.05, 3.63) is 36.4 Å². The van der Waals surface area contributed by atoms with Gasteiger partial charge >= 0.3 is 13.6 Å². The number of rotatable bonds is 5. The van der Waals surface area contributed by atoms with E-state index in [1.165, 1.54) is 7.11 Å². The van der Waals surface area contributed by atoms with Crippen molar-refractivity contribution in [2.24, 2.45) is 11.1 Å². The van der Waals surface area contributed by atoms with Crippen LogP contribution in [-0.2, 0) is 14.2 Å². The molecular formula is C15H23N2O6P. The van der Waals surface area contributed by atoms with E-state index in [0.717, 1.165) is 6.42 Å². The van der Waals surface area contributed by atoms with Crippen molar-refractivity contribution >= 4 is 19.3 Å². The van der Waals surface area contributed by atoms with E-state index in [0.29, 0.717) is 13.0 Å². The number of hydrogen-bond acceptors (Lipinski definition) is 5. The Balaban J connectivity index is 0.000000400. The lowest BCUT2D eigenvalue weighted by Gasteiger charge is -2.30. The second-order valence-corrected chi connectivity index (χ2v) is 6.91. The lowest BCUT2D eigenvalue weighted by atomic mass is 9.87. The number of piperidine rings is 1. The standard InChI is InChI=1S/C9H17N2O6P.C6H6/c1-17-11-7(5-18(14,15)16)6-3-2-4-10-8(6)9(12)13;1-2-4-6-5-3-1/h6,8,10H,2-5H2,1H3,(H,12,13)(H2,14,15,16);1-6H. The number of benzene rings is 1. The molecule has 2 rings (SSSR count). The summed E-state index contributed by atoms with van der Waals surface area (Å²) in [6, 6.07) is 11.1. The number of carboxylic acid groups (broad SMARTS) is 1. The van der Waals surface area contributed by atoms with E-state index in [1.54, 1.807) is 0 Å². The Morgan fingerprint density at radius 1 is 1.25 bits per heavy atom. The molecule has 1 aliphatic heterocycles. The Labute approximate surface area is 140 Å². The monoisotopic (exact) mass is 358 g/mol. The molecule has 1 saturated heterocycles. The first kappa shape index (κ1) is 20.3. The van der Waals surface area contributed by atoms with E-state index in [-0.39, 0.29) is 5.71 Å². The molecule has 134 valence electrons. The fourth-order valence-electron chi connectivity index (χ4n) is 2.43. The van der Waals surface area contributed by atoms with Crippen molar-refractivity contribution in [1.29, 1.82) is 0 Å². The maximum atomic E-state index is 11.1. The van der Waals surface area contributed by atoms with Gasteiger partial charge in [-0.05, 0) is 19.4 Å². The van der Waals surface area contributed by atoms with Gasteiger partial charge < -0.3 is 25.0 Å². The van der Waals surface area contributed by atoms with Gasteiger partial charge in [0, 0.05) is 5.92 Å². The van der Waals surface area contributed by atoms with Gasteiger partial charge in [-0.3, -0.25) is 9.36 Å². The molecule has 0 radical (unpaired) electrons. The summed E-state index contributed by atoms with van der Waals surface area (Å²) >= 11 is 0. The number of carboxylic acids is 1. The summed E-state index contributed by atoms with van der Waals surface area (Å²) in [5.41, 5.74) is 0.0884. The van der Waals surface area contributed by atoms with Gasteiger partial charge in [-0.1, -0.05) is 41.6 Å². The largest absolute Gasteiger partial charge is 0.480 e. The smallest absolute Gasteiger partial charge is 0.331 e. The van der Waals surface area contributed by atoms with Gasteiger partial charge in [-0.15, -0.1) is 0 Å². The summed E-state index contributed by atoms with van der Waals surface area (Å²) < 4.78 is 11.0. The summed E-state index contributed by atoms with van der Waals surface area (Å²) in [7, 11) is -3.05. The zero-order valence-electron chi connectivity index (χ0n) is 13.4. The number of carbonyl (C=O) groups is 1. The Morgan fingerprint density at radius 2 is 1.79 bits per heavy atom. The van der Waals surface area contributed by atoms with Crippen molar-refractivity contribution in [2.45, 2.75) is 18.9 Å². The normalized spacial score (nSPS) is 21.4. The summed E-state index contributed by atoms with van der Waals surface area (Å²) in [5.74, 6) is -1.63. The second-order valence-electron chi connectivity index (χ2n) is 5.26. The van der Waals surface area contributed by atoms with E-state index < -0.39 is 31.7 Å². The molecule has 0 aliphatic carbocycles. The van der Waals surface area contributed by atoms with Crippen LogP contribution in [0.2, 0.25) is 0 Å². The molecule has 9 heteroatoms. The van der Waals surface area contributed by atoms with Gasteiger partial charge in [0.05, 0.1) is 11.9 Å². The topological polar surface area (TPSA) is 128 Å². The van der Waals surface area contributed by atoms with Crippen LogP contribution >= 0.6 is 7.60 Å². The predicted octanol–water partition coefficient (Wildman–Crippen LogP) is 1.31. The van der Waals surface area contributed by atoms with Gasteiger partial charge in [-0.2, -0.15) is 0 Å². The maximum Gasteiger partial charge on any atom is 0.331 e. The molecule has 0 spiro atoms. The van der Waals surface area contributed by atoms with Crippen LogP contribution in [0.4, 0.5) is 0 Å². The number of aliphatic carboxylic acids is 1. The third-order valence-corrected chi connectivity index (χ3v) is 4.13. The number of nitrogens with zero attached hydrogens (tertiary/aromatic N) is 1. The first-order valence-electron chi connectivity index (χ1n) is 7.46. The summed E-state index contributed by atoms with van der Waals surface area (Å²) in [4.78, 5) is 33.6. The molecule has 8 nitrogen and oxygen atoms in total. The molecule has 1 aromatic carbocycles. The quantitative estimate of drug-likeness (QED) is 0.355. The molecule has 2 atom stereocenters. The minimum atomic E-state index is -4.31. The predicted molar refractivity (Wildman–Crippen MR) is 89.9 cm³/mol. The van der Waals surface area contributed by atoms with Crippen LogP contribution in [0.5, 0.6) is 0 Å². The average Bonchev–Trinajstić information content (AvgIpc) is 2.55. The average molecular weight is 358 g/mol. The van der Waals surface area contributed by atoms with E-state index in [2.05, 4.69) is 15.3 Å². The zero-order valence-corrected chi connectivity index (χ0v) is 14.3. The molecular weight excluding hydrogens is 335 g/mol. The minimum absolute atomic E-state index is 0.0884. The molecule has 1 fully saturated rings. The van der Waals surface area contributed by atoms with Crippen LogP contribution in [-0.4, -0.2) is 52.4 Å². The van der Waals surface area contributed by atoms with Crippen LogP contribution in [0.15, 0.2) is 41.6 Å². The van der Waals surface area contributed by atoms with Gasteiger partial charge in [0.1, 0.15) is 13.2 Å². The van der Waals surface area contributed by atoms with E-state index in [9.17, 15) is 9.36 Å². The summed E-state index contributed by atoms with van der Waals surface area (Å²) in [6.07, 6.45) is 0.640. The highest BCUT2D eigenvalue weighted by molar-refractivity contribution is 7.52. The van der Waals surface area contributed by atoms with Crippen molar-refractivity contribution in [2.75, 3.05) is 19.8 Å². The van der Waals surface area contributed by atoms with Gasteiger partial charge in [0.15, 0.2) is 0 Å². The lowest BCUT2D eigenvalue weighted by molar-refractivity contribution is -0.140. The molecule has 1 aromatic rings. The fourth-order valence-corrected chi connectivity index (χ4v) is 3.15. The van der Waals surface area contributed by atoms with Gasteiger partial charge in [0.2, 0.25) is 0 Å². The molecule has 0 aromatic heterocycles. The first-order chi connectivity index (χ1) is 11.3. The molecule has 1 heterocycles. The molecule has 1 aliphatic rings. The number of oxime groups is 1. The SMILES string of the molecule is CON=C(CP(=O)(O)O)C1CCCNC1C(=O)O.c1ccccc1. The highest BCUT2D eigenvalue weighted by Gasteiger charge is 2.36. The van der Waals surface area contributed by atoms with Crippen molar-refractivity contribution in [3.63, 3.8) is 0 Å². The molecule has 2 unspecified atom stereocenters. The molecule has 0 saturated carbocycles. The van der Waals surface area contributed by atoms with Crippen molar-refractivity contribution < 1.29 is 29.1 Å². The molecule has 24 heavy (non-hydrogen) atoms. The van der Waals surface area contributed by atoms with Crippen molar-refractivity contribution in [3.8, 4) is 0 Å². The highest BCUT2D eigenvalue weighted by Crippen LogP contribution is 2.36. The van der Waals surface area contributed by atoms with E-state index in [1.807, 2.05) is 36.4 Å². The van der Waals surface area contributed by atoms with E-state index >= 15 is 0 Å². The highest BCUT2D eigenvalue weighted by atomic mass is 31.2. The maximum absolute atomic E-state index is 11.1. The van der Waals surface area contributed by atoms with Crippen LogP contribution in [0.3, 0.4) is 0 Å². The zero-order chi connectivity index (χ0) is 18.0. The Kier molecular flexibility index (Phi) is 8.63. The third kappa shape index (κ3) is 7.70. The van der Waals surface area contributed by atoms with Crippen LogP contribution < -0.4 is 5.32 Å². The van der Waals surface area contributed by atoms with Crippen LogP contribution in [0.25, 0.3) is 0 Å². The molecule has 0 bridgehead atoms. The Morgan fingerprint density at radius 3 is 2.21 bits per heavy atom. The Hall–Kier alpha value is -1.73. The lowest BCUT2D eigenvalue weighted by Crippen LogP contribution is -2.50. The van der Waals surface area contributed by atoms with Gasteiger partial charge in [0.25, 0.3) is 0 Å². The molecule has 4 N–H and O–H groups in total. The van der Waals surface area contributed by atoms with Gasteiger partial charge in [-0.25, -0.2) is 0 Å². The molecule has 0 amide bonds. The first-order valence-corrected chi connectivity index (χ1v) is 9.25. The number of hydrogen-bond donors (Lipinski definition) is 4. The summed E-state index contributed by atoms with van der Waals surface area (Å²) in [6.45, 7) is 0.559. The summed E-state index contributed by atoms with van der Waals surface area (Å²) in [5, 5.41) is 15.5. The fraction of sp³-hybridized carbons (Fsp3) is 0.467. The third-order valence-electron chi connectivity index (χ3n) is 3.40. The number of nitrogens with one attached hydrogen (secondary N) is 1.